The monoisotopic (exact) mass is 341 g/mol. The molecule has 4 heteroatoms. The van der Waals surface area contributed by atoms with Crippen LogP contribution >= 0.6 is 22.6 Å². The molecule has 2 aromatic rings. The van der Waals surface area contributed by atoms with Gasteiger partial charge in [-0.15, -0.1) is 0 Å². The van der Waals surface area contributed by atoms with Crippen LogP contribution in [0.2, 0.25) is 0 Å². The van der Waals surface area contributed by atoms with Crippen molar-refractivity contribution in [3.63, 3.8) is 0 Å². The number of hydrogen-bond acceptors (Lipinski definition) is 3. The number of nitrogen functional groups attached to an aromatic ring is 1. The molecule has 0 unspecified atom stereocenters. The van der Waals surface area contributed by atoms with Crippen LogP contribution in [0.3, 0.4) is 0 Å². The lowest BCUT2D eigenvalue weighted by molar-refractivity contribution is 0.281. The normalized spacial score (nSPS) is 10.2. The minimum absolute atomic E-state index is 0.0414. The fraction of sp³-hybridized carbons (Fsp3) is 0.0769. The molecule has 0 fully saturated rings. The van der Waals surface area contributed by atoms with E-state index in [1.807, 2.05) is 36.4 Å². The fourth-order valence-corrected chi connectivity index (χ4v) is 2.04. The molecule has 88 valence electrons. The number of rotatable bonds is 3. The van der Waals surface area contributed by atoms with E-state index in [4.69, 9.17) is 15.6 Å². The molecule has 2 aromatic carbocycles. The van der Waals surface area contributed by atoms with E-state index in [0.29, 0.717) is 0 Å². The summed E-state index contributed by atoms with van der Waals surface area (Å²) in [5, 5.41) is 8.94. The van der Waals surface area contributed by atoms with Crippen LogP contribution in [0.1, 0.15) is 5.56 Å². The van der Waals surface area contributed by atoms with Gasteiger partial charge in [-0.1, -0.05) is 12.1 Å². The first kappa shape index (κ1) is 12.2. The Kier molecular flexibility index (Phi) is 3.86. The van der Waals surface area contributed by atoms with Crippen LogP contribution in [0.25, 0.3) is 0 Å². The van der Waals surface area contributed by atoms with Crippen LogP contribution in [0, 0.1) is 3.57 Å². The van der Waals surface area contributed by atoms with Crippen LogP contribution in [-0.4, -0.2) is 5.11 Å². The molecule has 0 atom stereocenters. The van der Waals surface area contributed by atoms with Gasteiger partial charge in [-0.05, 0) is 58.5 Å². The quantitative estimate of drug-likeness (QED) is 0.666. The maximum atomic E-state index is 8.94. The van der Waals surface area contributed by atoms with Gasteiger partial charge in [0, 0.05) is 5.69 Å². The van der Waals surface area contributed by atoms with Gasteiger partial charge >= 0.3 is 0 Å². The molecule has 2 rings (SSSR count). The highest BCUT2D eigenvalue weighted by molar-refractivity contribution is 14.1. The lowest BCUT2D eigenvalue weighted by Crippen LogP contribution is -1.91. The summed E-state index contributed by atoms with van der Waals surface area (Å²) in [6.07, 6.45) is 0. The Bertz CT molecular complexity index is 511. The number of ether oxygens (including phenoxy) is 1. The number of benzene rings is 2. The summed E-state index contributed by atoms with van der Waals surface area (Å²) in [5.41, 5.74) is 7.26. The Balaban J connectivity index is 2.19. The standard InChI is InChI=1S/C13H12INO2/c14-12-7-10(15)3-6-13(12)17-11-4-1-9(8-16)2-5-11/h1-7,16H,8,15H2. The second-order valence-electron chi connectivity index (χ2n) is 3.59. The molecule has 3 nitrogen and oxygen atoms in total. The van der Waals surface area contributed by atoms with Gasteiger partial charge in [0.25, 0.3) is 0 Å². The van der Waals surface area contributed by atoms with Crippen LogP contribution in [0.15, 0.2) is 42.5 Å². The van der Waals surface area contributed by atoms with Gasteiger partial charge in [-0.2, -0.15) is 0 Å². The van der Waals surface area contributed by atoms with E-state index < -0.39 is 0 Å². The molecule has 0 aliphatic carbocycles. The van der Waals surface area contributed by atoms with Gasteiger partial charge in [0.1, 0.15) is 11.5 Å². The minimum atomic E-state index is 0.0414. The Morgan fingerprint density at radius 3 is 2.41 bits per heavy atom. The molecule has 17 heavy (non-hydrogen) atoms. The van der Waals surface area contributed by atoms with Crippen molar-refractivity contribution in [2.24, 2.45) is 0 Å². The summed E-state index contributed by atoms with van der Waals surface area (Å²) >= 11 is 2.18. The van der Waals surface area contributed by atoms with E-state index in [1.54, 1.807) is 6.07 Å². The molecule has 0 amide bonds. The van der Waals surface area contributed by atoms with Crippen molar-refractivity contribution in [1.82, 2.24) is 0 Å². The van der Waals surface area contributed by atoms with Crippen molar-refractivity contribution in [2.45, 2.75) is 6.61 Å². The predicted molar refractivity (Wildman–Crippen MR) is 76.0 cm³/mol. The number of aliphatic hydroxyl groups is 1. The third kappa shape index (κ3) is 3.10. The Hall–Kier alpha value is -1.27. The Labute approximate surface area is 113 Å². The van der Waals surface area contributed by atoms with Gasteiger partial charge in [-0.25, -0.2) is 0 Å². The molecule has 0 heterocycles. The topological polar surface area (TPSA) is 55.5 Å². The van der Waals surface area contributed by atoms with Crippen LogP contribution in [0.4, 0.5) is 5.69 Å². The zero-order valence-corrected chi connectivity index (χ0v) is 11.2. The zero-order chi connectivity index (χ0) is 12.3. The highest BCUT2D eigenvalue weighted by Gasteiger charge is 2.03. The summed E-state index contributed by atoms with van der Waals surface area (Å²) < 4.78 is 6.69. The molecule has 0 radical (unpaired) electrons. The van der Waals surface area contributed by atoms with Gasteiger partial charge < -0.3 is 15.6 Å². The third-order valence-electron chi connectivity index (χ3n) is 2.29. The number of hydrogen-bond donors (Lipinski definition) is 2. The van der Waals surface area contributed by atoms with E-state index in [0.717, 1.165) is 26.3 Å². The summed E-state index contributed by atoms with van der Waals surface area (Å²) in [6, 6.07) is 12.8. The van der Waals surface area contributed by atoms with E-state index in [1.165, 1.54) is 0 Å². The van der Waals surface area contributed by atoms with Crippen molar-refractivity contribution < 1.29 is 9.84 Å². The average molecular weight is 341 g/mol. The van der Waals surface area contributed by atoms with Gasteiger partial charge in [0.05, 0.1) is 10.2 Å². The molecule has 0 aliphatic heterocycles. The predicted octanol–water partition coefficient (Wildman–Crippen LogP) is 3.16. The van der Waals surface area contributed by atoms with Crippen LogP contribution < -0.4 is 10.5 Å². The first-order valence-corrected chi connectivity index (χ1v) is 6.19. The molecule has 0 bridgehead atoms. The Morgan fingerprint density at radius 1 is 1.12 bits per heavy atom. The molecule has 0 aliphatic rings. The van der Waals surface area contributed by atoms with E-state index in [-0.39, 0.29) is 6.61 Å². The minimum Gasteiger partial charge on any atom is -0.456 e. The number of halogens is 1. The Morgan fingerprint density at radius 2 is 1.82 bits per heavy atom. The van der Waals surface area contributed by atoms with Crippen molar-refractivity contribution >= 4 is 28.3 Å². The smallest absolute Gasteiger partial charge is 0.140 e. The average Bonchev–Trinajstić information content (AvgIpc) is 2.34. The van der Waals surface area contributed by atoms with E-state index in [9.17, 15) is 0 Å². The van der Waals surface area contributed by atoms with Crippen molar-refractivity contribution in [3.8, 4) is 11.5 Å². The van der Waals surface area contributed by atoms with Gasteiger partial charge in [0.15, 0.2) is 0 Å². The summed E-state index contributed by atoms with van der Waals surface area (Å²) in [7, 11) is 0. The second kappa shape index (κ2) is 5.37. The maximum Gasteiger partial charge on any atom is 0.140 e. The summed E-state index contributed by atoms with van der Waals surface area (Å²) in [4.78, 5) is 0. The fourth-order valence-electron chi connectivity index (χ4n) is 1.39. The van der Waals surface area contributed by atoms with E-state index in [2.05, 4.69) is 22.6 Å². The molecule has 0 saturated carbocycles. The van der Waals surface area contributed by atoms with Crippen molar-refractivity contribution in [3.05, 3.63) is 51.6 Å². The van der Waals surface area contributed by atoms with Crippen molar-refractivity contribution in [2.75, 3.05) is 5.73 Å². The molecule has 0 spiro atoms. The number of anilines is 1. The summed E-state index contributed by atoms with van der Waals surface area (Å²) in [5.74, 6) is 1.52. The lowest BCUT2D eigenvalue weighted by atomic mass is 10.2. The molecular formula is C13H12INO2. The van der Waals surface area contributed by atoms with Crippen LogP contribution in [-0.2, 0) is 6.61 Å². The SMILES string of the molecule is Nc1ccc(Oc2ccc(CO)cc2)c(I)c1. The third-order valence-corrected chi connectivity index (χ3v) is 3.13. The largest absolute Gasteiger partial charge is 0.456 e. The first-order chi connectivity index (χ1) is 8.19. The summed E-state index contributed by atoms with van der Waals surface area (Å²) in [6.45, 7) is 0.0414. The maximum absolute atomic E-state index is 8.94. The number of aliphatic hydroxyl groups excluding tert-OH is 1. The van der Waals surface area contributed by atoms with Crippen LogP contribution in [0.5, 0.6) is 11.5 Å². The molecule has 0 saturated heterocycles. The first-order valence-electron chi connectivity index (χ1n) is 5.12. The highest BCUT2D eigenvalue weighted by Crippen LogP contribution is 2.28. The zero-order valence-electron chi connectivity index (χ0n) is 9.06. The molecular weight excluding hydrogens is 329 g/mol. The molecule has 3 N–H and O–H groups in total. The molecule has 0 aromatic heterocycles. The lowest BCUT2D eigenvalue weighted by Gasteiger charge is -2.08. The van der Waals surface area contributed by atoms with Gasteiger partial charge in [0.2, 0.25) is 0 Å². The second-order valence-corrected chi connectivity index (χ2v) is 4.76. The van der Waals surface area contributed by atoms with Crippen molar-refractivity contribution in [1.29, 1.82) is 0 Å². The highest BCUT2D eigenvalue weighted by atomic mass is 127. The van der Waals surface area contributed by atoms with Gasteiger partial charge in [-0.3, -0.25) is 0 Å². The number of nitrogens with two attached hydrogens (primary N) is 1. The van der Waals surface area contributed by atoms with E-state index >= 15 is 0 Å².